The lowest BCUT2D eigenvalue weighted by atomic mass is 9.69. The summed E-state index contributed by atoms with van der Waals surface area (Å²) in [7, 11) is 2.09. The molecule has 0 bridgehead atoms. The van der Waals surface area contributed by atoms with Gasteiger partial charge in [0.1, 0.15) is 0 Å². The third-order valence-electron chi connectivity index (χ3n) is 2.97. The van der Waals surface area contributed by atoms with E-state index in [0.717, 1.165) is 23.8 Å². The summed E-state index contributed by atoms with van der Waals surface area (Å²) >= 11 is 0. The number of nitrogens with one attached hydrogen (secondary N) is 1. The maximum absolute atomic E-state index is 3.42. The predicted octanol–water partition coefficient (Wildman–Crippen LogP) is 2.28. The molecule has 1 atom stereocenters. The van der Waals surface area contributed by atoms with Gasteiger partial charge in [-0.05, 0) is 37.6 Å². The summed E-state index contributed by atoms with van der Waals surface area (Å²) in [5.41, 5.74) is 0. The average molecular weight is 155 g/mol. The predicted molar refractivity (Wildman–Crippen MR) is 49.6 cm³/mol. The molecule has 0 saturated heterocycles. The smallest absolute Gasteiger partial charge is 0.0115 e. The Balaban J connectivity index is 2.32. The molecule has 0 spiro atoms. The maximum Gasteiger partial charge on any atom is 0.0115 e. The molecule has 11 heavy (non-hydrogen) atoms. The zero-order valence-corrected chi connectivity index (χ0v) is 8.22. The molecule has 1 N–H and O–H groups in total. The van der Waals surface area contributed by atoms with E-state index >= 15 is 0 Å². The van der Waals surface area contributed by atoms with Gasteiger partial charge in [-0.3, -0.25) is 0 Å². The quantitative estimate of drug-likeness (QED) is 0.659. The summed E-state index contributed by atoms with van der Waals surface area (Å²) in [6.07, 6.45) is 2.87. The molecule has 0 aromatic heterocycles. The van der Waals surface area contributed by atoms with Gasteiger partial charge in [0.25, 0.3) is 0 Å². The topological polar surface area (TPSA) is 12.0 Å². The average Bonchev–Trinajstić information content (AvgIpc) is 1.85. The van der Waals surface area contributed by atoms with E-state index in [2.05, 4.69) is 33.1 Å². The van der Waals surface area contributed by atoms with E-state index in [0.29, 0.717) is 0 Å². The van der Waals surface area contributed by atoms with Crippen molar-refractivity contribution in [2.24, 2.45) is 17.8 Å². The highest BCUT2D eigenvalue weighted by atomic mass is 14.9. The summed E-state index contributed by atoms with van der Waals surface area (Å²) in [6, 6.07) is 0.756. The number of hydrogen-bond donors (Lipinski definition) is 1. The van der Waals surface area contributed by atoms with Crippen LogP contribution in [-0.2, 0) is 0 Å². The van der Waals surface area contributed by atoms with Crippen molar-refractivity contribution in [1.82, 2.24) is 5.32 Å². The van der Waals surface area contributed by atoms with E-state index in [4.69, 9.17) is 0 Å². The molecule has 1 fully saturated rings. The summed E-state index contributed by atoms with van der Waals surface area (Å²) < 4.78 is 0. The Bertz CT molecular complexity index is 114. The van der Waals surface area contributed by atoms with E-state index in [-0.39, 0.29) is 0 Å². The van der Waals surface area contributed by atoms with E-state index in [9.17, 15) is 0 Å². The van der Waals surface area contributed by atoms with Crippen LogP contribution in [0.2, 0.25) is 0 Å². The van der Waals surface area contributed by atoms with Crippen LogP contribution >= 0.6 is 0 Å². The zero-order chi connectivity index (χ0) is 8.43. The van der Waals surface area contributed by atoms with Gasteiger partial charge in [-0.2, -0.15) is 0 Å². The highest BCUT2D eigenvalue weighted by molar-refractivity contribution is 4.87. The van der Waals surface area contributed by atoms with Crippen LogP contribution in [0, 0.1) is 17.8 Å². The first-order valence-electron chi connectivity index (χ1n) is 4.82. The molecular weight excluding hydrogens is 134 g/mol. The molecule has 1 aliphatic rings. The van der Waals surface area contributed by atoms with Crippen LogP contribution in [0.3, 0.4) is 0 Å². The first-order chi connectivity index (χ1) is 5.15. The summed E-state index contributed by atoms with van der Waals surface area (Å²) in [5, 5.41) is 3.42. The first kappa shape index (κ1) is 9.05. The molecule has 1 heteroatoms. The lowest BCUT2D eigenvalue weighted by molar-refractivity contribution is 0.135. The van der Waals surface area contributed by atoms with Crippen LogP contribution in [0.15, 0.2) is 0 Å². The molecular formula is C10H21N. The van der Waals surface area contributed by atoms with E-state index in [1.807, 2.05) is 0 Å². The van der Waals surface area contributed by atoms with E-state index < -0.39 is 0 Å². The van der Waals surface area contributed by atoms with Crippen molar-refractivity contribution >= 4 is 0 Å². The maximum atomic E-state index is 3.42. The summed E-state index contributed by atoms with van der Waals surface area (Å²) in [5.74, 6) is 2.72. The van der Waals surface area contributed by atoms with Gasteiger partial charge in [-0.15, -0.1) is 0 Å². The van der Waals surface area contributed by atoms with Crippen molar-refractivity contribution in [2.45, 2.75) is 39.7 Å². The van der Waals surface area contributed by atoms with Crippen molar-refractivity contribution in [3.05, 3.63) is 0 Å². The molecule has 1 rings (SSSR count). The fourth-order valence-corrected chi connectivity index (χ4v) is 2.37. The summed E-state index contributed by atoms with van der Waals surface area (Å²) in [6.45, 7) is 6.97. The standard InChI is InChI=1S/C10H21N/c1-7(2)10(11-4)9-5-8(3)6-9/h7-11H,5-6H2,1-4H3. The lowest BCUT2D eigenvalue weighted by Crippen LogP contribution is -2.43. The minimum Gasteiger partial charge on any atom is -0.316 e. The molecule has 0 amide bonds. The van der Waals surface area contributed by atoms with Gasteiger partial charge in [-0.1, -0.05) is 20.8 Å². The summed E-state index contributed by atoms with van der Waals surface area (Å²) in [4.78, 5) is 0. The van der Waals surface area contributed by atoms with Crippen molar-refractivity contribution in [3.8, 4) is 0 Å². The van der Waals surface area contributed by atoms with Crippen LogP contribution in [-0.4, -0.2) is 13.1 Å². The fraction of sp³-hybridized carbons (Fsp3) is 1.00. The van der Waals surface area contributed by atoms with Gasteiger partial charge in [-0.25, -0.2) is 0 Å². The molecule has 1 saturated carbocycles. The molecule has 0 heterocycles. The Kier molecular flexibility index (Phi) is 2.94. The Morgan fingerprint density at radius 3 is 2.09 bits per heavy atom. The molecule has 0 aromatic carbocycles. The molecule has 1 nitrogen and oxygen atoms in total. The molecule has 1 aliphatic carbocycles. The second-order valence-corrected chi connectivity index (χ2v) is 4.40. The van der Waals surface area contributed by atoms with E-state index in [1.165, 1.54) is 12.8 Å². The van der Waals surface area contributed by atoms with Crippen LogP contribution in [0.4, 0.5) is 0 Å². The fourth-order valence-electron chi connectivity index (χ4n) is 2.37. The zero-order valence-electron chi connectivity index (χ0n) is 8.22. The minimum atomic E-state index is 0.756. The van der Waals surface area contributed by atoms with Gasteiger partial charge in [0.05, 0.1) is 0 Å². The van der Waals surface area contributed by atoms with E-state index in [1.54, 1.807) is 0 Å². The number of rotatable bonds is 3. The van der Waals surface area contributed by atoms with Crippen molar-refractivity contribution in [3.63, 3.8) is 0 Å². The molecule has 0 aliphatic heterocycles. The third-order valence-corrected chi connectivity index (χ3v) is 2.97. The third kappa shape index (κ3) is 1.96. The highest BCUT2D eigenvalue weighted by Crippen LogP contribution is 2.37. The van der Waals surface area contributed by atoms with Crippen molar-refractivity contribution < 1.29 is 0 Å². The van der Waals surface area contributed by atoms with Crippen LogP contribution in [0.1, 0.15) is 33.6 Å². The van der Waals surface area contributed by atoms with Crippen LogP contribution < -0.4 is 5.32 Å². The normalized spacial score (nSPS) is 33.5. The second kappa shape index (κ2) is 3.57. The number of hydrogen-bond acceptors (Lipinski definition) is 1. The first-order valence-corrected chi connectivity index (χ1v) is 4.82. The molecule has 1 unspecified atom stereocenters. The molecule has 0 aromatic rings. The SMILES string of the molecule is CNC(C(C)C)C1CC(C)C1. The molecule has 0 radical (unpaired) electrons. The highest BCUT2D eigenvalue weighted by Gasteiger charge is 2.32. The van der Waals surface area contributed by atoms with Gasteiger partial charge in [0.15, 0.2) is 0 Å². The Hall–Kier alpha value is -0.0400. The monoisotopic (exact) mass is 155 g/mol. The second-order valence-electron chi connectivity index (χ2n) is 4.40. The van der Waals surface area contributed by atoms with Crippen LogP contribution in [0.5, 0.6) is 0 Å². The Labute approximate surface area is 70.6 Å². The van der Waals surface area contributed by atoms with Gasteiger partial charge in [0.2, 0.25) is 0 Å². The Morgan fingerprint density at radius 2 is 1.82 bits per heavy atom. The minimum absolute atomic E-state index is 0.756. The van der Waals surface area contributed by atoms with Gasteiger partial charge in [0, 0.05) is 6.04 Å². The van der Waals surface area contributed by atoms with Crippen molar-refractivity contribution in [2.75, 3.05) is 7.05 Å². The molecule has 66 valence electrons. The largest absolute Gasteiger partial charge is 0.316 e. The van der Waals surface area contributed by atoms with Gasteiger partial charge < -0.3 is 5.32 Å². The van der Waals surface area contributed by atoms with Crippen molar-refractivity contribution in [1.29, 1.82) is 0 Å². The van der Waals surface area contributed by atoms with Crippen LogP contribution in [0.25, 0.3) is 0 Å². The van der Waals surface area contributed by atoms with Gasteiger partial charge >= 0.3 is 0 Å². The Morgan fingerprint density at radius 1 is 1.27 bits per heavy atom. The lowest BCUT2D eigenvalue weighted by Gasteiger charge is -2.40.